The van der Waals surface area contributed by atoms with Crippen LogP contribution in [0.15, 0.2) is 59.6 Å². The van der Waals surface area contributed by atoms with Gasteiger partial charge in [-0.25, -0.2) is 0 Å². The average Bonchev–Trinajstić information content (AvgIpc) is 2.66. The third-order valence-corrected chi connectivity index (χ3v) is 3.99. The van der Waals surface area contributed by atoms with Crippen LogP contribution in [0.1, 0.15) is 22.6 Å². The molecule has 0 saturated heterocycles. The Kier molecular flexibility index (Phi) is 7.95. The van der Waals surface area contributed by atoms with Crippen molar-refractivity contribution in [1.82, 2.24) is 10.6 Å². The van der Waals surface area contributed by atoms with Crippen molar-refractivity contribution >= 4 is 5.96 Å². The van der Waals surface area contributed by atoms with Crippen molar-refractivity contribution in [2.75, 3.05) is 27.3 Å². The fourth-order valence-electron chi connectivity index (χ4n) is 2.64. The lowest BCUT2D eigenvalue weighted by atomic mass is 10.0. The van der Waals surface area contributed by atoms with Gasteiger partial charge in [0.05, 0.1) is 13.2 Å². The highest BCUT2D eigenvalue weighted by Crippen LogP contribution is 2.13. The average molecular weight is 341 g/mol. The SMILES string of the molecule is CN=C(NCc1cccc(COC)c1)NCC(CO)c1ccccc1. The summed E-state index contributed by atoms with van der Waals surface area (Å²) < 4.78 is 5.17. The van der Waals surface area contributed by atoms with Gasteiger partial charge in [-0.2, -0.15) is 0 Å². The van der Waals surface area contributed by atoms with Crippen LogP contribution in [0.4, 0.5) is 0 Å². The number of nitrogens with one attached hydrogen (secondary N) is 2. The van der Waals surface area contributed by atoms with E-state index in [1.807, 2.05) is 42.5 Å². The van der Waals surface area contributed by atoms with Crippen molar-refractivity contribution in [2.24, 2.45) is 4.99 Å². The highest BCUT2D eigenvalue weighted by Gasteiger charge is 2.10. The van der Waals surface area contributed by atoms with Gasteiger partial charge < -0.3 is 20.5 Å². The Morgan fingerprint density at radius 3 is 2.52 bits per heavy atom. The fourth-order valence-corrected chi connectivity index (χ4v) is 2.64. The molecule has 0 bridgehead atoms. The van der Waals surface area contributed by atoms with Gasteiger partial charge in [0.2, 0.25) is 0 Å². The Morgan fingerprint density at radius 2 is 1.84 bits per heavy atom. The van der Waals surface area contributed by atoms with Crippen LogP contribution in [-0.4, -0.2) is 38.4 Å². The minimum absolute atomic E-state index is 0.0322. The van der Waals surface area contributed by atoms with Crippen LogP contribution in [0.2, 0.25) is 0 Å². The molecule has 0 amide bonds. The van der Waals surface area contributed by atoms with Crippen LogP contribution in [0.5, 0.6) is 0 Å². The minimum atomic E-state index is 0.0322. The van der Waals surface area contributed by atoms with Crippen molar-refractivity contribution in [1.29, 1.82) is 0 Å². The molecule has 3 N–H and O–H groups in total. The second-order valence-corrected chi connectivity index (χ2v) is 5.85. The zero-order valence-electron chi connectivity index (χ0n) is 14.9. The van der Waals surface area contributed by atoms with E-state index < -0.39 is 0 Å². The number of aliphatic hydroxyl groups is 1. The summed E-state index contributed by atoms with van der Waals surface area (Å²) in [5.41, 5.74) is 3.42. The maximum absolute atomic E-state index is 9.64. The predicted octanol–water partition coefficient (Wildman–Crippen LogP) is 2.27. The van der Waals surface area contributed by atoms with Crippen molar-refractivity contribution in [2.45, 2.75) is 19.1 Å². The summed E-state index contributed by atoms with van der Waals surface area (Å²) in [6.45, 7) is 1.99. The zero-order chi connectivity index (χ0) is 17.9. The van der Waals surface area contributed by atoms with Crippen molar-refractivity contribution in [3.05, 3.63) is 71.3 Å². The van der Waals surface area contributed by atoms with Gasteiger partial charge in [-0.3, -0.25) is 4.99 Å². The first-order chi connectivity index (χ1) is 12.3. The third-order valence-electron chi connectivity index (χ3n) is 3.99. The van der Waals surface area contributed by atoms with E-state index in [9.17, 15) is 5.11 Å². The normalized spacial score (nSPS) is 12.7. The molecule has 0 radical (unpaired) electrons. The molecule has 134 valence electrons. The third kappa shape index (κ3) is 6.21. The van der Waals surface area contributed by atoms with E-state index in [1.54, 1.807) is 14.2 Å². The summed E-state index contributed by atoms with van der Waals surface area (Å²) in [5.74, 6) is 0.747. The molecule has 0 aliphatic carbocycles. The van der Waals surface area contributed by atoms with Gasteiger partial charge in [0, 0.05) is 33.2 Å². The smallest absolute Gasteiger partial charge is 0.191 e. The Labute approximate surface area is 149 Å². The molecule has 0 aromatic heterocycles. The molecular formula is C20H27N3O2. The topological polar surface area (TPSA) is 65.9 Å². The van der Waals surface area contributed by atoms with E-state index in [-0.39, 0.29) is 12.5 Å². The van der Waals surface area contributed by atoms with Gasteiger partial charge in [-0.1, -0.05) is 54.6 Å². The molecule has 2 aromatic carbocycles. The fraction of sp³-hybridized carbons (Fsp3) is 0.350. The first-order valence-electron chi connectivity index (χ1n) is 8.44. The molecule has 2 rings (SSSR count). The number of ether oxygens (including phenoxy) is 1. The Morgan fingerprint density at radius 1 is 1.08 bits per heavy atom. The Balaban J connectivity index is 1.87. The van der Waals surface area contributed by atoms with Crippen LogP contribution in [-0.2, 0) is 17.9 Å². The molecule has 0 heterocycles. The molecule has 5 heteroatoms. The zero-order valence-corrected chi connectivity index (χ0v) is 14.9. The molecule has 0 aliphatic heterocycles. The lowest BCUT2D eigenvalue weighted by Gasteiger charge is -2.18. The maximum Gasteiger partial charge on any atom is 0.191 e. The molecule has 1 unspecified atom stereocenters. The predicted molar refractivity (Wildman–Crippen MR) is 102 cm³/mol. The Hall–Kier alpha value is -2.37. The van der Waals surface area contributed by atoms with Gasteiger partial charge >= 0.3 is 0 Å². The van der Waals surface area contributed by atoms with E-state index >= 15 is 0 Å². The molecule has 1 atom stereocenters. The summed E-state index contributed by atoms with van der Waals surface area (Å²) in [7, 11) is 3.44. The van der Waals surface area contributed by atoms with Gasteiger partial charge in [-0.05, 0) is 16.7 Å². The highest BCUT2D eigenvalue weighted by atomic mass is 16.5. The van der Waals surface area contributed by atoms with E-state index in [0.717, 1.165) is 11.1 Å². The van der Waals surface area contributed by atoms with Crippen LogP contribution >= 0.6 is 0 Å². The summed E-state index contributed by atoms with van der Waals surface area (Å²) in [5, 5.41) is 16.2. The van der Waals surface area contributed by atoms with Crippen molar-refractivity contribution < 1.29 is 9.84 Å². The van der Waals surface area contributed by atoms with Crippen LogP contribution in [0.3, 0.4) is 0 Å². The van der Waals surface area contributed by atoms with Crippen molar-refractivity contribution in [3.63, 3.8) is 0 Å². The summed E-state index contributed by atoms with van der Waals surface area (Å²) in [6.07, 6.45) is 0. The Bertz CT molecular complexity index is 659. The number of aliphatic hydroxyl groups excluding tert-OH is 1. The van der Waals surface area contributed by atoms with E-state index in [4.69, 9.17) is 4.74 Å². The number of rotatable bonds is 8. The maximum atomic E-state index is 9.64. The molecular weight excluding hydrogens is 314 g/mol. The quantitative estimate of drug-likeness (QED) is 0.509. The standard InChI is InChI=1S/C20H27N3O2/c1-21-20(22-12-16-7-6-8-17(11-16)15-25-2)23-13-19(14-24)18-9-4-3-5-10-18/h3-11,19,24H,12-15H2,1-2H3,(H2,21,22,23). The van der Waals surface area contributed by atoms with E-state index in [1.165, 1.54) is 5.56 Å². The van der Waals surface area contributed by atoms with Crippen LogP contribution < -0.4 is 10.6 Å². The first kappa shape index (κ1) is 19.0. The lowest BCUT2D eigenvalue weighted by molar-refractivity contribution is 0.185. The number of methoxy groups -OCH3 is 1. The molecule has 25 heavy (non-hydrogen) atoms. The van der Waals surface area contributed by atoms with Crippen LogP contribution in [0, 0.1) is 0 Å². The molecule has 0 aliphatic rings. The molecule has 5 nitrogen and oxygen atoms in total. The number of hydrogen-bond donors (Lipinski definition) is 3. The number of hydrogen-bond acceptors (Lipinski definition) is 3. The molecule has 2 aromatic rings. The summed E-state index contributed by atoms with van der Waals surface area (Å²) in [6, 6.07) is 18.3. The summed E-state index contributed by atoms with van der Waals surface area (Å²) >= 11 is 0. The number of nitrogens with zero attached hydrogens (tertiary/aromatic N) is 1. The molecule has 0 spiro atoms. The second kappa shape index (κ2) is 10.5. The van der Waals surface area contributed by atoms with E-state index in [0.29, 0.717) is 25.7 Å². The largest absolute Gasteiger partial charge is 0.396 e. The number of benzene rings is 2. The first-order valence-corrected chi connectivity index (χ1v) is 8.44. The van der Waals surface area contributed by atoms with Crippen LogP contribution in [0.25, 0.3) is 0 Å². The second-order valence-electron chi connectivity index (χ2n) is 5.85. The molecule has 0 fully saturated rings. The highest BCUT2D eigenvalue weighted by molar-refractivity contribution is 5.79. The summed E-state index contributed by atoms with van der Waals surface area (Å²) in [4.78, 5) is 4.25. The lowest BCUT2D eigenvalue weighted by Crippen LogP contribution is -2.39. The van der Waals surface area contributed by atoms with Gasteiger partial charge in [-0.15, -0.1) is 0 Å². The molecule has 0 saturated carbocycles. The van der Waals surface area contributed by atoms with Crippen molar-refractivity contribution in [3.8, 4) is 0 Å². The number of aliphatic imine (C=N–C) groups is 1. The number of guanidine groups is 1. The van der Waals surface area contributed by atoms with Gasteiger partial charge in [0.25, 0.3) is 0 Å². The van der Waals surface area contributed by atoms with Gasteiger partial charge in [0.15, 0.2) is 5.96 Å². The minimum Gasteiger partial charge on any atom is -0.396 e. The van der Waals surface area contributed by atoms with E-state index in [2.05, 4.69) is 27.8 Å². The van der Waals surface area contributed by atoms with Gasteiger partial charge in [0.1, 0.15) is 0 Å². The monoisotopic (exact) mass is 341 g/mol.